The summed E-state index contributed by atoms with van der Waals surface area (Å²) in [5.74, 6) is -2.87. The van der Waals surface area contributed by atoms with Gasteiger partial charge in [-0.2, -0.15) is 0 Å². The summed E-state index contributed by atoms with van der Waals surface area (Å²) in [4.78, 5) is 15.2. The molecule has 2 fully saturated rings. The second-order valence-corrected chi connectivity index (χ2v) is 14.1. The second kappa shape index (κ2) is 14.0. The van der Waals surface area contributed by atoms with Crippen LogP contribution in [0.25, 0.3) is 0 Å². The maximum atomic E-state index is 13.3. The summed E-state index contributed by atoms with van der Waals surface area (Å²) >= 11 is 0. The number of aliphatic hydroxyl groups excluding tert-OH is 3. The summed E-state index contributed by atoms with van der Waals surface area (Å²) in [5.41, 5.74) is -3.35. The predicted octanol–water partition coefficient (Wildman–Crippen LogP) is 0.988. The first-order valence-corrected chi connectivity index (χ1v) is 15.3. The average molecular weight is 607 g/mol. The number of ether oxygens (including phenoxy) is 3. The molecule has 0 spiro atoms. The van der Waals surface area contributed by atoms with Crippen LogP contribution >= 0.6 is 0 Å². The first kappa shape index (κ1) is 37.3. The van der Waals surface area contributed by atoms with Crippen molar-refractivity contribution in [3.05, 3.63) is 5.21 Å². The fourth-order valence-electron chi connectivity index (χ4n) is 6.84. The van der Waals surface area contributed by atoms with Gasteiger partial charge in [-0.3, -0.25) is 4.79 Å². The summed E-state index contributed by atoms with van der Waals surface area (Å²) in [6, 6.07) is -1.27. The smallest absolute Gasteiger partial charge is 0.311 e. The molecule has 2 saturated heterocycles. The molecule has 5 N–H and O–H groups in total. The third-order valence-corrected chi connectivity index (χ3v) is 9.60. The number of nitrogens with zero attached hydrogens (tertiary/aromatic N) is 2. The number of quaternary nitrogens is 1. The zero-order chi connectivity index (χ0) is 32.5. The topological polar surface area (TPSA) is 172 Å². The zero-order valence-corrected chi connectivity index (χ0v) is 27.4. The third-order valence-electron chi connectivity index (χ3n) is 9.60. The van der Waals surface area contributed by atoms with Gasteiger partial charge in [0.2, 0.25) is 0 Å². The van der Waals surface area contributed by atoms with Crippen molar-refractivity contribution >= 4 is 5.97 Å². The Hall–Kier alpha value is -0.930. The molecule has 0 aliphatic carbocycles. The van der Waals surface area contributed by atoms with E-state index in [2.05, 4.69) is 0 Å². The van der Waals surface area contributed by atoms with Crippen molar-refractivity contribution < 1.29 is 49.2 Å². The number of rotatable bonds is 4. The molecular formula is C30H58N2O10. The summed E-state index contributed by atoms with van der Waals surface area (Å²) in [5, 5.41) is 69.8. The van der Waals surface area contributed by atoms with Crippen LogP contribution in [0.2, 0.25) is 0 Å². The van der Waals surface area contributed by atoms with Crippen LogP contribution in [-0.4, -0.2) is 135 Å². The zero-order valence-electron chi connectivity index (χ0n) is 27.4. The molecule has 0 aromatic carbocycles. The summed E-state index contributed by atoms with van der Waals surface area (Å²) in [6.45, 7) is 13.8. The van der Waals surface area contributed by atoms with Crippen LogP contribution in [0, 0.1) is 23.0 Å². The number of esters is 1. The van der Waals surface area contributed by atoms with E-state index in [9.17, 15) is 35.5 Å². The molecule has 12 heteroatoms. The van der Waals surface area contributed by atoms with Crippen LogP contribution in [0.1, 0.15) is 74.7 Å². The van der Waals surface area contributed by atoms with E-state index in [0.29, 0.717) is 13.0 Å². The fourth-order valence-corrected chi connectivity index (χ4v) is 6.84. The maximum absolute atomic E-state index is 13.3. The number of hydrogen-bond donors (Lipinski definition) is 5. The molecule has 2 heterocycles. The lowest BCUT2D eigenvalue weighted by Crippen LogP contribution is -2.62. The average Bonchev–Trinajstić information content (AvgIpc) is 2.87. The minimum Gasteiger partial charge on any atom is -0.633 e. The van der Waals surface area contributed by atoms with Crippen molar-refractivity contribution in [1.82, 2.24) is 4.90 Å². The van der Waals surface area contributed by atoms with Crippen molar-refractivity contribution in [1.29, 1.82) is 0 Å². The largest absolute Gasteiger partial charge is 0.633 e. The highest BCUT2D eigenvalue weighted by Crippen LogP contribution is 2.37. The molecule has 0 aromatic heterocycles. The number of hydrogen-bond acceptors (Lipinski definition) is 11. The fraction of sp³-hybridized carbons (Fsp3) is 0.967. The number of hydroxylamine groups is 3. The Morgan fingerprint density at radius 1 is 1.07 bits per heavy atom. The van der Waals surface area contributed by atoms with Gasteiger partial charge in [0.1, 0.15) is 23.9 Å². The number of carbonyl (C=O) groups excluding carboxylic acids is 1. The highest BCUT2D eigenvalue weighted by molar-refractivity contribution is 5.73. The second-order valence-electron chi connectivity index (χ2n) is 14.1. The molecule has 12 nitrogen and oxygen atoms in total. The molecule has 0 unspecified atom stereocenters. The Morgan fingerprint density at radius 2 is 1.64 bits per heavy atom. The third kappa shape index (κ3) is 8.41. The molecular weight excluding hydrogens is 548 g/mol. The first-order chi connectivity index (χ1) is 19.1. The van der Waals surface area contributed by atoms with Gasteiger partial charge >= 0.3 is 5.97 Å². The van der Waals surface area contributed by atoms with E-state index in [0.717, 1.165) is 0 Å². The first-order valence-electron chi connectivity index (χ1n) is 15.3. The van der Waals surface area contributed by atoms with Crippen molar-refractivity contribution in [2.75, 3.05) is 27.7 Å². The van der Waals surface area contributed by atoms with E-state index in [1.54, 1.807) is 41.7 Å². The van der Waals surface area contributed by atoms with Crippen LogP contribution in [0.15, 0.2) is 0 Å². The van der Waals surface area contributed by atoms with Gasteiger partial charge in [-0.25, -0.2) is 0 Å². The summed E-state index contributed by atoms with van der Waals surface area (Å²) < 4.78 is 17.2. The monoisotopic (exact) mass is 606 g/mol. The molecule has 0 saturated carbocycles. The summed E-state index contributed by atoms with van der Waals surface area (Å²) in [7, 11) is 4.69. The van der Waals surface area contributed by atoms with E-state index < -0.39 is 88.7 Å². The van der Waals surface area contributed by atoms with Gasteiger partial charge in [-0.1, -0.05) is 20.8 Å². The van der Waals surface area contributed by atoms with Gasteiger partial charge in [0.15, 0.2) is 12.4 Å². The standard InChI is InChI=1S/C30H58N2O10/c1-12-22-30(8,38)25(35)20(6)31(9)15-16(2)14-29(7,37)26(18(4)23(33)19(5)27(36)41-22)42-28-24(34)21(32(10,11)39)13-17(3)40-28/h16-26,28,33-35,37-38H,12-15H2,1-11H3/t16-,17-,18+,19-,20-,21+,22-,23+,24-,25-,26-,28+,29-,30-/m1/s1. The van der Waals surface area contributed by atoms with Crippen molar-refractivity contribution in [3.63, 3.8) is 0 Å². The minimum absolute atomic E-state index is 0.149. The van der Waals surface area contributed by atoms with Crippen LogP contribution in [0.4, 0.5) is 0 Å². The lowest BCUT2D eigenvalue weighted by atomic mass is 9.78. The molecule has 0 aromatic rings. The molecule has 248 valence electrons. The number of cyclic esters (lactones) is 1. The van der Waals surface area contributed by atoms with E-state index in [1.165, 1.54) is 27.9 Å². The van der Waals surface area contributed by atoms with E-state index >= 15 is 0 Å². The Balaban J connectivity index is 2.54. The van der Waals surface area contributed by atoms with Gasteiger partial charge in [0, 0.05) is 24.9 Å². The molecule has 0 bridgehead atoms. The number of aliphatic hydroxyl groups is 5. The molecule has 2 rings (SSSR count). The number of likely N-dealkylation sites (N-methyl/N-ethyl adjacent to an activating group) is 2. The van der Waals surface area contributed by atoms with E-state index in [-0.39, 0.29) is 18.8 Å². The van der Waals surface area contributed by atoms with Gasteiger partial charge < -0.3 is 54.5 Å². The quantitative estimate of drug-likeness (QED) is 0.176. The van der Waals surface area contributed by atoms with Gasteiger partial charge in [-0.15, -0.1) is 0 Å². The van der Waals surface area contributed by atoms with Crippen LogP contribution in [0.5, 0.6) is 0 Å². The predicted molar refractivity (Wildman–Crippen MR) is 157 cm³/mol. The van der Waals surface area contributed by atoms with Crippen LogP contribution in [0.3, 0.4) is 0 Å². The molecule has 14 atom stereocenters. The molecule has 0 amide bonds. The molecule has 2 aliphatic heterocycles. The molecule has 42 heavy (non-hydrogen) atoms. The Labute approximate surface area is 251 Å². The van der Waals surface area contributed by atoms with Crippen molar-refractivity contribution in [2.24, 2.45) is 17.8 Å². The highest BCUT2D eigenvalue weighted by atomic mass is 16.7. The number of carbonyl (C=O) groups is 1. The molecule has 2 aliphatic rings. The highest BCUT2D eigenvalue weighted by Gasteiger charge is 2.50. The lowest BCUT2D eigenvalue weighted by Gasteiger charge is -2.50. The van der Waals surface area contributed by atoms with Gasteiger partial charge in [0.25, 0.3) is 0 Å². The van der Waals surface area contributed by atoms with Crippen LogP contribution in [-0.2, 0) is 19.0 Å². The Kier molecular flexibility index (Phi) is 12.4. The van der Waals surface area contributed by atoms with Crippen LogP contribution < -0.4 is 0 Å². The van der Waals surface area contributed by atoms with Crippen molar-refractivity contribution in [2.45, 2.75) is 141 Å². The van der Waals surface area contributed by atoms with Crippen molar-refractivity contribution in [3.8, 4) is 0 Å². The minimum atomic E-state index is -1.77. The maximum Gasteiger partial charge on any atom is 0.311 e. The van der Waals surface area contributed by atoms with E-state index in [1.807, 2.05) is 11.8 Å². The Morgan fingerprint density at radius 3 is 2.17 bits per heavy atom. The molecule has 0 radical (unpaired) electrons. The summed E-state index contributed by atoms with van der Waals surface area (Å²) in [6.07, 6.45) is -7.02. The van der Waals surface area contributed by atoms with E-state index in [4.69, 9.17) is 14.2 Å². The lowest BCUT2D eigenvalue weighted by molar-refractivity contribution is -0.874. The van der Waals surface area contributed by atoms with Gasteiger partial charge in [0.05, 0.1) is 43.9 Å². The normalized spacial score (nSPS) is 47.8. The SMILES string of the molecule is CC[C@H]1OC(=O)[C@H](C)[C@@H](O)[C@H](C)[C@@H](O[C@@H]2O[C@H](C)C[C@H]([N+](C)(C)[O-])[C@H]2O)[C@](C)(O)C[C@@H](C)CN(C)[C@H](C)[C@@H](O)[C@]1(C)O. The Bertz CT molecular complexity index is 881. The van der Waals surface area contributed by atoms with Gasteiger partial charge in [-0.05, 0) is 60.4 Å².